The van der Waals surface area contributed by atoms with E-state index in [2.05, 4.69) is 48.5 Å². The average molecular weight is 329 g/mol. The largest absolute Gasteiger partial charge is 0.459 e. The van der Waals surface area contributed by atoms with Gasteiger partial charge in [0.05, 0.1) is 18.6 Å². The Labute approximate surface area is 144 Å². The molecule has 138 valence electrons. The van der Waals surface area contributed by atoms with Gasteiger partial charge in [0, 0.05) is 5.92 Å². The molecule has 3 heteroatoms. The first-order valence-electron chi connectivity index (χ1n) is 8.90. The van der Waals surface area contributed by atoms with Gasteiger partial charge in [-0.2, -0.15) is 0 Å². The van der Waals surface area contributed by atoms with Crippen LogP contribution in [-0.2, 0) is 14.3 Å². The lowest BCUT2D eigenvalue weighted by atomic mass is 9.72. The van der Waals surface area contributed by atoms with Gasteiger partial charge < -0.3 is 9.47 Å². The maximum Gasteiger partial charge on any atom is 0.310 e. The Morgan fingerprint density at radius 1 is 0.913 bits per heavy atom. The van der Waals surface area contributed by atoms with Crippen molar-refractivity contribution in [2.75, 3.05) is 6.61 Å². The van der Waals surface area contributed by atoms with Crippen LogP contribution in [-0.4, -0.2) is 24.3 Å². The average Bonchev–Trinajstić information content (AvgIpc) is 2.29. The van der Waals surface area contributed by atoms with E-state index in [0.29, 0.717) is 6.61 Å². The molecule has 0 saturated carbocycles. The molecule has 23 heavy (non-hydrogen) atoms. The second kappa shape index (κ2) is 8.00. The fourth-order valence-electron chi connectivity index (χ4n) is 2.32. The van der Waals surface area contributed by atoms with Crippen LogP contribution < -0.4 is 0 Å². The highest BCUT2D eigenvalue weighted by atomic mass is 16.6. The molecule has 0 aromatic rings. The maximum atomic E-state index is 12.9. The molecule has 2 atom stereocenters. The maximum absolute atomic E-state index is 12.9. The van der Waals surface area contributed by atoms with Crippen LogP contribution >= 0.6 is 0 Å². The Morgan fingerprint density at radius 2 is 1.39 bits per heavy atom. The summed E-state index contributed by atoms with van der Waals surface area (Å²) in [5.74, 6) is -0.0575. The first-order chi connectivity index (χ1) is 10.1. The zero-order valence-corrected chi connectivity index (χ0v) is 17.4. The molecule has 0 N–H and O–H groups in total. The summed E-state index contributed by atoms with van der Waals surface area (Å²) < 4.78 is 11.6. The number of carbonyl (C=O) groups is 1. The Kier molecular flexibility index (Phi) is 7.81. The van der Waals surface area contributed by atoms with Crippen LogP contribution in [0.5, 0.6) is 0 Å². The zero-order valence-electron chi connectivity index (χ0n) is 17.4. The molecule has 0 spiro atoms. The molecule has 0 rings (SSSR count). The molecule has 0 aliphatic carbocycles. The van der Waals surface area contributed by atoms with Crippen LogP contribution in [0.15, 0.2) is 0 Å². The summed E-state index contributed by atoms with van der Waals surface area (Å²) in [6.07, 6.45) is 1.01. The first-order valence-corrected chi connectivity index (χ1v) is 8.90. The summed E-state index contributed by atoms with van der Waals surface area (Å²) in [6.45, 7) is 23.5. The molecule has 0 fully saturated rings. The first kappa shape index (κ1) is 22.4. The molecule has 0 aliphatic heterocycles. The summed E-state index contributed by atoms with van der Waals surface area (Å²) in [7, 11) is 0. The molecule has 2 unspecified atom stereocenters. The van der Waals surface area contributed by atoms with E-state index in [-0.39, 0.29) is 34.7 Å². The molecule has 0 heterocycles. The summed E-state index contributed by atoms with van der Waals surface area (Å²) in [6, 6.07) is 0. The predicted molar refractivity (Wildman–Crippen MR) is 97.4 cm³/mol. The number of rotatable bonds is 7. The van der Waals surface area contributed by atoms with E-state index in [1.807, 2.05) is 27.7 Å². The van der Waals surface area contributed by atoms with Gasteiger partial charge in [-0.25, -0.2) is 0 Å². The summed E-state index contributed by atoms with van der Waals surface area (Å²) in [5, 5.41) is 0. The van der Waals surface area contributed by atoms with E-state index in [4.69, 9.17) is 9.47 Å². The molecule has 0 radical (unpaired) electrons. The summed E-state index contributed by atoms with van der Waals surface area (Å²) in [5.41, 5.74) is -0.557. The van der Waals surface area contributed by atoms with Crippen LogP contribution in [0.4, 0.5) is 0 Å². The zero-order chi connectivity index (χ0) is 18.6. The molecule has 3 nitrogen and oxygen atoms in total. The van der Waals surface area contributed by atoms with E-state index in [0.717, 1.165) is 6.42 Å². The lowest BCUT2D eigenvalue weighted by Gasteiger charge is -2.38. The van der Waals surface area contributed by atoms with Crippen molar-refractivity contribution in [3.8, 4) is 0 Å². The highest BCUT2D eigenvalue weighted by Crippen LogP contribution is 2.38. The predicted octanol–water partition coefficient (Wildman–Crippen LogP) is 5.47. The minimum Gasteiger partial charge on any atom is -0.459 e. The molecule has 0 aliphatic rings. The Morgan fingerprint density at radius 3 is 1.74 bits per heavy atom. The van der Waals surface area contributed by atoms with Gasteiger partial charge >= 0.3 is 5.97 Å². The molecule has 0 saturated heterocycles. The van der Waals surface area contributed by atoms with Crippen molar-refractivity contribution in [1.82, 2.24) is 0 Å². The molecular weight excluding hydrogens is 288 g/mol. The minimum atomic E-state index is -0.534. The fraction of sp³-hybridized carbons (Fsp3) is 0.950. The van der Waals surface area contributed by atoms with Crippen molar-refractivity contribution >= 4 is 5.97 Å². The van der Waals surface area contributed by atoms with E-state index in [1.54, 1.807) is 0 Å². The number of esters is 1. The molecular formula is C20H40O3. The highest BCUT2D eigenvalue weighted by molar-refractivity contribution is 5.73. The van der Waals surface area contributed by atoms with Gasteiger partial charge in [0.15, 0.2) is 0 Å². The second-order valence-corrected chi connectivity index (χ2v) is 9.99. The van der Waals surface area contributed by atoms with Crippen molar-refractivity contribution in [2.24, 2.45) is 22.7 Å². The fourth-order valence-corrected chi connectivity index (χ4v) is 2.32. The van der Waals surface area contributed by atoms with Crippen LogP contribution in [0.3, 0.4) is 0 Å². The number of hydrogen-bond donors (Lipinski definition) is 0. The van der Waals surface area contributed by atoms with Gasteiger partial charge in [-0.1, -0.05) is 48.5 Å². The van der Waals surface area contributed by atoms with Crippen LogP contribution in [0.2, 0.25) is 0 Å². The van der Waals surface area contributed by atoms with Gasteiger partial charge in [0.2, 0.25) is 0 Å². The molecule has 0 bridgehead atoms. The lowest BCUT2D eigenvalue weighted by molar-refractivity contribution is -0.174. The van der Waals surface area contributed by atoms with Crippen molar-refractivity contribution in [1.29, 1.82) is 0 Å². The Balaban J connectivity index is 5.02. The van der Waals surface area contributed by atoms with Crippen LogP contribution in [0.25, 0.3) is 0 Å². The third-order valence-corrected chi connectivity index (χ3v) is 4.38. The quantitative estimate of drug-likeness (QED) is 0.581. The van der Waals surface area contributed by atoms with Gasteiger partial charge in [-0.3, -0.25) is 4.79 Å². The van der Waals surface area contributed by atoms with Crippen LogP contribution in [0, 0.1) is 22.7 Å². The van der Waals surface area contributed by atoms with Gasteiger partial charge in [0.1, 0.15) is 5.60 Å². The van der Waals surface area contributed by atoms with Crippen molar-refractivity contribution in [3.05, 3.63) is 0 Å². The Bertz CT molecular complexity index is 369. The third kappa shape index (κ3) is 8.74. The van der Waals surface area contributed by atoms with E-state index >= 15 is 0 Å². The van der Waals surface area contributed by atoms with Gasteiger partial charge in [0.25, 0.3) is 0 Å². The Hall–Kier alpha value is -0.570. The SMILES string of the molecule is CC(C)OCC(C)C(C)(C)OC(=O)C(CC(C)(C)C)C(C)(C)C. The standard InChI is InChI=1S/C20H40O3/c1-14(2)22-13-15(3)20(10,11)23-17(21)16(19(7,8)9)12-18(4,5)6/h14-16H,12-13H2,1-11H3. The second-order valence-electron chi connectivity index (χ2n) is 9.99. The summed E-state index contributed by atoms with van der Waals surface area (Å²) >= 11 is 0. The van der Waals surface area contributed by atoms with Crippen molar-refractivity contribution < 1.29 is 14.3 Å². The van der Waals surface area contributed by atoms with E-state index < -0.39 is 5.60 Å². The summed E-state index contributed by atoms with van der Waals surface area (Å²) in [4.78, 5) is 12.9. The normalized spacial score (nSPS) is 16.3. The van der Waals surface area contributed by atoms with Crippen molar-refractivity contribution in [2.45, 2.75) is 94.3 Å². The third-order valence-electron chi connectivity index (χ3n) is 4.38. The molecule has 0 aromatic heterocycles. The van der Waals surface area contributed by atoms with Crippen molar-refractivity contribution in [3.63, 3.8) is 0 Å². The van der Waals surface area contributed by atoms with E-state index in [9.17, 15) is 4.79 Å². The number of hydrogen-bond acceptors (Lipinski definition) is 3. The smallest absolute Gasteiger partial charge is 0.310 e. The molecule has 0 aromatic carbocycles. The van der Waals surface area contributed by atoms with Gasteiger partial charge in [-0.15, -0.1) is 0 Å². The molecule has 0 amide bonds. The van der Waals surface area contributed by atoms with Crippen LogP contribution in [0.1, 0.15) is 82.6 Å². The number of ether oxygens (including phenoxy) is 2. The van der Waals surface area contributed by atoms with E-state index in [1.165, 1.54) is 0 Å². The monoisotopic (exact) mass is 328 g/mol. The number of carbonyl (C=O) groups excluding carboxylic acids is 1. The topological polar surface area (TPSA) is 35.5 Å². The van der Waals surface area contributed by atoms with Gasteiger partial charge in [-0.05, 0) is 44.9 Å². The lowest BCUT2D eigenvalue weighted by Crippen LogP contribution is -2.43. The minimum absolute atomic E-state index is 0.0891. The highest BCUT2D eigenvalue weighted by Gasteiger charge is 2.39.